The van der Waals surface area contributed by atoms with E-state index in [-0.39, 0.29) is 0 Å². The monoisotopic (exact) mass is 341 g/mol. The average Bonchev–Trinajstić information content (AvgIpc) is 2.62. The van der Waals surface area contributed by atoms with Crippen molar-refractivity contribution in [2.24, 2.45) is 0 Å². The van der Waals surface area contributed by atoms with Gasteiger partial charge in [-0.1, -0.05) is 19.1 Å². The van der Waals surface area contributed by atoms with Crippen LogP contribution in [0.2, 0.25) is 0 Å². The summed E-state index contributed by atoms with van der Waals surface area (Å²) in [6.07, 6.45) is 1.05. The zero-order chi connectivity index (χ0) is 17.6. The molecule has 1 aromatic carbocycles. The third-order valence-corrected chi connectivity index (χ3v) is 4.36. The number of para-hydroxylation sites is 2. The van der Waals surface area contributed by atoms with Crippen LogP contribution < -0.4 is 15.5 Å². The first-order valence-corrected chi connectivity index (χ1v) is 8.96. The number of hydrogen-bond acceptors (Lipinski definition) is 6. The molecule has 1 aromatic heterocycles. The number of aryl methyl sites for hydroxylation is 1. The molecule has 2 N–H and O–H groups in total. The first-order valence-electron chi connectivity index (χ1n) is 8.96. The second-order valence-corrected chi connectivity index (χ2v) is 6.41. The Morgan fingerprint density at radius 1 is 1.20 bits per heavy atom. The van der Waals surface area contributed by atoms with Crippen LogP contribution in [-0.2, 0) is 4.74 Å². The SMILES string of the molecule is CCC(C)Nc1cc(C)nc(Nc2ccccc2N2CCOCC2)n1. The Bertz CT molecular complexity index is 700. The summed E-state index contributed by atoms with van der Waals surface area (Å²) in [5, 5.41) is 6.82. The average molecular weight is 341 g/mol. The normalized spacial score (nSPS) is 15.7. The number of benzene rings is 1. The van der Waals surface area contributed by atoms with Gasteiger partial charge in [0, 0.05) is 30.9 Å². The van der Waals surface area contributed by atoms with E-state index in [0.29, 0.717) is 12.0 Å². The van der Waals surface area contributed by atoms with Crippen molar-refractivity contribution in [1.82, 2.24) is 9.97 Å². The van der Waals surface area contributed by atoms with E-state index in [9.17, 15) is 0 Å². The summed E-state index contributed by atoms with van der Waals surface area (Å²) >= 11 is 0. The molecule has 25 heavy (non-hydrogen) atoms. The van der Waals surface area contributed by atoms with Crippen LogP contribution in [0.3, 0.4) is 0 Å². The van der Waals surface area contributed by atoms with E-state index in [1.807, 2.05) is 19.1 Å². The zero-order valence-corrected chi connectivity index (χ0v) is 15.2. The largest absolute Gasteiger partial charge is 0.378 e. The number of rotatable bonds is 6. The minimum atomic E-state index is 0.378. The van der Waals surface area contributed by atoms with Crippen LogP contribution in [0.25, 0.3) is 0 Å². The van der Waals surface area contributed by atoms with Gasteiger partial charge >= 0.3 is 0 Å². The van der Waals surface area contributed by atoms with Gasteiger partial charge in [0.2, 0.25) is 5.95 Å². The fraction of sp³-hybridized carbons (Fsp3) is 0.474. The van der Waals surface area contributed by atoms with Crippen molar-refractivity contribution in [1.29, 1.82) is 0 Å². The van der Waals surface area contributed by atoms with Gasteiger partial charge < -0.3 is 20.3 Å². The summed E-state index contributed by atoms with van der Waals surface area (Å²) in [7, 11) is 0. The summed E-state index contributed by atoms with van der Waals surface area (Å²) in [4.78, 5) is 11.5. The van der Waals surface area contributed by atoms with Crippen LogP contribution in [0.15, 0.2) is 30.3 Å². The molecule has 1 aliphatic rings. The van der Waals surface area contributed by atoms with Gasteiger partial charge in [-0.25, -0.2) is 4.98 Å². The van der Waals surface area contributed by atoms with E-state index in [4.69, 9.17) is 4.74 Å². The molecule has 134 valence electrons. The molecule has 1 atom stereocenters. The van der Waals surface area contributed by atoms with Crippen molar-refractivity contribution < 1.29 is 4.74 Å². The van der Waals surface area contributed by atoms with E-state index < -0.39 is 0 Å². The van der Waals surface area contributed by atoms with Gasteiger partial charge in [0.05, 0.1) is 24.6 Å². The smallest absolute Gasteiger partial charge is 0.229 e. The molecule has 3 rings (SSSR count). The lowest BCUT2D eigenvalue weighted by Gasteiger charge is -2.30. The van der Waals surface area contributed by atoms with Crippen LogP contribution in [0, 0.1) is 6.92 Å². The molecular weight excluding hydrogens is 314 g/mol. The van der Waals surface area contributed by atoms with Crippen LogP contribution in [0.5, 0.6) is 0 Å². The number of nitrogens with zero attached hydrogens (tertiary/aromatic N) is 3. The molecule has 0 spiro atoms. The van der Waals surface area contributed by atoms with E-state index in [2.05, 4.69) is 57.5 Å². The first-order chi connectivity index (χ1) is 12.2. The van der Waals surface area contributed by atoms with Crippen LogP contribution in [0.1, 0.15) is 26.0 Å². The lowest BCUT2D eigenvalue weighted by Crippen LogP contribution is -2.36. The van der Waals surface area contributed by atoms with Crippen molar-refractivity contribution in [2.75, 3.05) is 41.8 Å². The number of aromatic nitrogens is 2. The molecule has 2 aromatic rings. The fourth-order valence-electron chi connectivity index (χ4n) is 2.83. The predicted molar refractivity (Wildman–Crippen MR) is 103 cm³/mol. The molecule has 0 saturated carbocycles. The lowest BCUT2D eigenvalue weighted by atomic mass is 10.2. The van der Waals surface area contributed by atoms with Crippen molar-refractivity contribution in [3.63, 3.8) is 0 Å². The van der Waals surface area contributed by atoms with Gasteiger partial charge in [-0.15, -0.1) is 0 Å². The van der Waals surface area contributed by atoms with Gasteiger partial charge in [0.25, 0.3) is 0 Å². The maximum atomic E-state index is 5.46. The van der Waals surface area contributed by atoms with Crippen molar-refractivity contribution in [3.8, 4) is 0 Å². The molecular formula is C19H27N5O. The van der Waals surface area contributed by atoms with Gasteiger partial charge in [-0.3, -0.25) is 0 Å². The predicted octanol–water partition coefficient (Wildman–Crippen LogP) is 3.58. The Morgan fingerprint density at radius 2 is 1.96 bits per heavy atom. The number of anilines is 4. The van der Waals surface area contributed by atoms with Crippen molar-refractivity contribution >= 4 is 23.1 Å². The van der Waals surface area contributed by atoms with Gasteiger partial charge in [0.1, 0.15) is 5.82 Å². The molecule has 0 radical (unpaired) electrons. The molecule has 1 aliphatic heterocycles. The highest BCUT2D eigenvalue weighted by molar-refractivity contribution is 5.73. The quantitative estimate of drug-likeness (QED) is 0.837. The van der Waals surface area contributed by atoms with Gasteiger partial charge in [-0.2, -0.15) is 4.98 Å². The Hall–Kier alpha value is -2.34. The highest BCUT2D eigenvalue weighted by Crippen LogP contribution is 2.28. The third kappa shape index (κ3) is 4.60. The summed E-state index contributed by atoms with van der Waals surface area (Å²) in [6.45, 7) is 9.61. The van der Waals surface area contributed by atoms with E-state index in [0.717, 1.165) is 55.6 Å². The number of ether oxygens (including phenoxy) is 1. The van der Waals surface area contributed by atoms with E-state index in [1.165, 1.54) is 0 Å². The minimum absolute atomic E-state index is 0.378. The minimum Gasteiger partial charge on any atom is -0.378 e. The summed E-state index contributed by atoms with van der Waals surface area (Å²) < 4.78 is 5.46. The highest BCUT2D eigenvalue weighted by Gasteiger charge is 2.15. The maximum absolute atomic E-state index is 5.46. The first kappa shape index (κ1) is 17.5. The highest BCUT2D eigenvalue weighted by atomic mass is 16.5. The van der Waals surface area contributed by atoms with Crippen LogP contribution in [0.4, 0.5) is 23.1 Å². The maximum Gasteiger partial charge on any atom is 0.229 e. The molecule has 0 aliphatic carbocycles. The van der Waals surface area contributed by atoms with Crippen molar-refractivity contribution in [3.05, 3.63) is 36.0 Å². The second-order valence-electron chi connectivity index (χ2n) is 6.41. The van der Waals surface area contributed by atoms with Gasteiger partial charge in [0.15, 0.2) is 0 Å². The summed E-state index contributed by atoms with van der Waals surface area (Å²) in [5.41, 5.74) is 3.11. The fourth-order valence-corrected chi connectivity index (χ4v) is 2.83. The second kappa shape index (κ2) is 8.16. The van der Waals surface area contributed by atoms with Crippen LogP contribution >= 0.6 is 0 Å². The number of hydrogen-bond donors (Lipinski definition) is 2. The molecule has 1 fully saturated rings. The molecule has 2 heterocycles. The Morgan fingerprint density at radius 3 is 2.72 bits per heavy atom. The molecule has 6 nitrogen and oxygen atoms in total. The lowest BCUT2D eigenvalue weighted by molar-refractivity contribution is 0.123. The molecule has 0 amide bonds. The summed E-state index contributed by atoms with van der Waals surface area (Å²) in [5.74, 6) is 1.47. The molecule has 0 bridgehead atoms. The third-order valence-electron chi connectivity index (χ3n) is 4.36. The Balaban J connectivity index is 1.82. The zero-order valence-electron chi connectivity index (χ0n) is 15.2. The topological polar surface area (TPSA) is 62.3 Å². The summed E-state index contributed by atoms with van der Waals surface area (Å²) in [6, 6.07) is 10.6. The van der Waals surface area contributed by atoms with E-state index in [1.54, 1.807) is 0 Å². The van der Waals surface area contributed by atoms with Gasteiger partial charge in [-0.05, 0) is 32.4 Å². The standard InChI is InChI=1S/C19H27N5O/c1-4-14(2)20-18-13-15(3)21-19(23-18)22-16-7-5-6-8-17(16)24-9-11-25-12-10-24/h5-8,13-14H,4,9-12H2,1-3H3,(H2,20,21,22,23). The Kier molecular flexibility index (Phi) is 5.71. The molecule has 6 heteroatoms. The number of morpholine rings is 1. The molecule has 1 unspecified atom stereocenters. The van der Waals surface area contributed by atoms with E-state index >= 15 is 0 Å². The Labute approximate surface area is 149 Å². The molecule has 1 saturated heterocycles. The van der Waals surface area contributed by atoms with Crippen LogP contribution in [-0.4, -0.2) is 42.3 Å². The number of nitrogens with one attached hydrogen (secondary N) is 2. The van der Waals surface area contributed by atoms with Crippen molar-refractivity contribution in [2.45, 2.75) is 33.2 Å².